The summed E-state index contributed by atoms with van der Waals surface area (Å²) in [7, 11) is 0. The fraction of sp³-hybridized carbons (Fsp3) is 0.115. The Morgan fingerprint density at radius 1 is 0.806 bits per heavy atom. The number of rotatable bonds is 6. The van der Waals surface area contributed by atoms with Gasteiger partial charge in [-0.1, -0.05) is 65.7 Å². The molecule has 31 heavy (non-hydrogen) atoms. The molecule has 0 radical (unpaired) electrons. The van der Waals surface area contributed by atoms with E-state index in [-0.39, 0.29) is 5.91 Å². The summed E-state index contributed by atoms with van der Waals surface area (Å²) in [5, 5.41) is 6.13. The van der Waals surface area contributed by atoms with Crippen molar-refractivity contribution >= 4 is 17.5 Å². The highest BCUT2D eigenvalue weighted by atomic mass is 16.1. The van der Waals surface area contributed by atoms with Gasteiger partial charge >= 0.3 is 0 Å². The molecule has 1 amide bonds. The van der Waals surface area contributed by atoms with Crippen LogP contribution >= 0.6 is 0 Å². The molecule has 2 N–H and O–H groups in total. The van der Waals surface area contributed by atoms with Crippen LogP contribution in [-0.2, 0) is 6.54 Å². The molecule has 0 aliphatic carbocycles. The molecule has 0 atom stereocenters. The molecule has 0 saturated carbocycles. The average molecular weight is 409 g/mol. The van der Waals surface area contributed by atoms with E-state index in [4.69, 9.17) is 0 Å². The Kier molecular flexibility index (Phi) is 6.03. The summed E-state index contributed by atoms with van der Waals surface area (Å²) >= 11 is 0. The van der Waals surface area contributed by atoms with Gasteiger partial charge in [-0.05, 0) is 43.2 Å². The minimum atomic E-state index is -0.125. The number of carbonyl (C=O) groups is 1. The fourth-order valence-corrected chi connectivity index (χ4v) is 3.22. The normalized spacial score (nSPS) is 10.5. The van der Waals surface area contributed by atoms with Gasteiger partial charge in [0.1, 0.15) is 0 Å². The van der Waals surface area contributed by atoms with Gasteiger partial charge in [-0.3, -0.25) is 4.79 Å². The van der Waals surface area contributed by atoms with E-state index in [2.05, 4.69) is 39.7 Å². The van der Waals surface area contributed by atoms with Crippen molar-refractivity contribution in [2.24, 2.45) is 0 Å². The van der Waals surface area contributed by atoms with Gasteiger partial charge in [-0.25, -0.2) is 9.97 Å². The number of carbonyl (C=O) groups excluding carboxylic acids is 1. The van der Waals surface area contributed by atoms with Crippen LogP contribution in [0.15, 0.2) is 85.2 Å². The molecular weight excluding hydrogens is 384 g/mol. The molecule has 0 fully saturated rings. The fourth-order valence-electron chi connectivity index (χ4n) is 3.22. The summed E-state index contributed by atoms with van der Waals surface area (Å²) in [5.41, 5.74) is 6.83. The van der Waals surface area contributed by atoms with Crippen LogP contribution in [0.2, 0.25) is 0 Å². The smallest absolute Gasteiger partial charge is 0.251 e. The van der Waals surface area contributed by atoms with Crippen LogP contribution in [0.4, 0.5) is 11.6 Å². The number of amides is 1. The van der Waals surface area contributed by atoms with E-state index >= 15 is 0 Å². The number of aromatic nitrogens is 2. The summed E-state index contributed by atoms with van der Waals surface area (Å²) in [6, 6.07) is 23.6. The topological polar surface area (TPSA) is 66.9 Å². The van der Waals surface area contributed by atoms with Crippen molar-refractivity contribution in [3.05, 3.63) is 107 Å². The molecule has 5 nitrogen and oxygen atoms in total. The van der Waals surface area contributed by atoms with Crippen molar-refractivity contribution in [2.75, 3.05) is 5.32 Å². The van der Waals surface area contributed by atoms with Gasteiger partial charge in [0, 0.05) is 35.8 Å². The monoisotopic (exact) mass is 408 g/mol. The number of aryl methyl sites for hydroxylation is 2. The second-order valence-electron chi connectivity index (χ2n) is 7.54. The first-order valence-electron chi connectivity index (χ1n) is 10.2. The van der Waals surface area contributed by atoms with E-state index in [0.29, 0.717) is 18.1 Å². The first-order valence-corrected chi connectivity index (χ1v) is 10.2. The van der Waals surface area contributed by atoms with Crippen molar-refractivity contribution in [1.29, 1.82) is 0 Å². The minimum absolute atomic E-state index is 0.125. The predicted octanol–water partition coefficient (Wildman–Crippen LogP) is 5.43. The van der Waals surface area contributed by atoms with E-state index in [1.165, 1.54) is 11.1 Å². The molecule has 154 valence electrons. The summed E-state index contributed by atoms with van der Waals surface area (Å²) in [4.78, 5) is 21.4. The summed E-state index contributed by atoms with van der Waals surface area (Å²) < 4.78 is 0. The number of nitrogens with zero attached hydrogens (tertiary/aromatic N) is 2. The van der Waals surface area contributed by atoms with E-state index in [1.807, 2.05) is 55.5 Å². The van der Waals surface area contributed by atoms with Gasteiger partial charge in [-0.2, -0.15) is 0 Å². The number of hydrogen-bond donors (Lipinski definition) is 2. The SMILES string of the molecule is Cc1ccc(CNC(=O)c2cccc(Nc3ncc(-c4cccc(C)c4)cn3)c2)cc1. The van der Waals surface area contributed by atoms with Crippen LogP contribution in [-0.4, -0.2) is 15.9 Å². The lowest BCUT2D eigenvalue weighted by molar-refractivity contribution is 0.0951. The van der Waals surface area contributed by atoms with Crippen molar-refractivity contribution in [1.82, 2.24) is 15.3 Å². The number of hydrogen-bond acceptors (Lipinski definition) is 4. The Labute approximate surface area is 182 Å². The molecule has 5 heteroatoms. The van der Waals surface area contributed by atoms with Crippen LogP contribution in [0.5, 0.6) is 0 Å². The van der Waals surface area contributed by atoms with Crippen LogP contribution in [0.3, 0.4) is 0 Å². The van der Waals surface area contributed by atoms with E-state index in [1.54, 1.807) is 24.5 Å². The molecule has 0 aliphatic rings. The second-order valence-corrected chi connectivity index (χ2v) is 7.54. The third kappa shape index (κ3) is 5.34. The molecule has 0 unspecified atom stereocenters. The molecule has 1 aromatic heterocycles. The lowest BCUT2D eigenvalue weighted by Crippen LogP contribution is -2.22. The third-order valence-electron chi connectivity index (χ3n) is 4.96. The summed E-state index contributed by atoms with van der Waals surface area (Å²) in [5.74, 6) is 0.355. The van der Waals surface area contributed by atoms with E-state index < -0.39 is 0 Å². The first-order chi connectivity index (χ1) is 15.1. The van der Waals surface area contributed by atoms with Crippen molar-refractivity contribution in [3.63, 3.8) is 0 Å². The minimum Gasteiger partial charge on any atom is -0.348 e. The highest BCUT2D eigenvalue weighted by molar-refractivity contribution is 5.95. The molecule has 0 saturated heterocycles. The van der Waals surface area contributed by atoms with Gasteiger partial charge in [-0.15, -0.1) is 0 Å². The van der Waals surface area contributed by atoms with Crippen LogP contribution < -0.4 is 10.6 Å². The van der Waals surface area contributed by atoms with Crippen LogP contribution in [0.1, 0.15) is 27.0 Å². The third-order valence-corrected chi connectivity index (χ3v) is 4.96. The van der Waals surface area contributed by atoms with Crippen LogP contribution in [0, 0.1) is 13.8 Å². The van der Waals surface area contributed by atoms with Gasteiger partial charge < -0.3 is 10.6 Å². The van der Waals surface area contributed by atoms with Gasteiger partial charge in [0.2, 0.25) is 5.95 Å². The van der Waals surface area contributed by atoms with E-state index in [0.717, 1.165) is 22.4 Å². The zero-order chi connectivity index (χ0) is 21.6. The van der Waals surface area contributed by atoms with Gasteiger partial charge in [0.15, 0.2) is 0 Å². The maximum Gasteiger partial charge on any atom is 0.251 e. The number of benzene rings is 3. The zero-order valence-electron chi connectivity index (χ0n) is 17.6. The van der Waals surface area contributed by atoms with Crippen molar-refractivity contribution in [2.45, 2.75) is 20.4 Å². The Morgan fingerprint density at radius 2 is 1.55 bits per heavy atom. The molecule has 3 aromatic carbocycles. The maximum absolute atomic E-state index is 12.5. The molecular formula is C26H24N4O. The van der Waals surface area contributed by atoms with Gasteiger partial charge in [0.05, 0.1) is 0 Å². The molecule has 0 spiro atoms. The Morgan fingerprint density at radius 3 is 2.29 bits per heavy atom. The Bertz CT molecular complexity index is 1180. The van der Waals surface area contributed by atoms with Gasteiger partial charge in [0.25, 0.3) is 5.91 Å². The van der Waals surface area contributed by atoms with Crippen molar-refractivity contribution < 1.29 is 4.79 Å². The first kappa shape index (κ1) is 20.3. The number of nitrogens with one attached hydrogen (secondary N) is 2. The lowest BCUT2D eigenvalue weighted by Gasteiger charge is -2.09. The maximum atomic E-state index is 12.5. The molecule has 1 heterocycles. The molecule has 4 rings (SSSR count). The Balaban J connectivity index is 1.41. The predicted molar refractivity (Wildman–Crippen MR) is 124 cm³/mol. The zero-order valence-corrected chi connectivity index (χ0v) is 17.6. The number of anilines is 2. The highest BCUT2D eigenvalue weighted by Gasteiger charge is 2.07. The highest BCUT2D eigenvalue weighted by Crippen LogP contribution is 2.20. The molecule has 4 aromatic rings. The lowest BCUT2D eigenvalue weighted by atomic mass is 10.1. The second kappa shape index (κ2) is 9.22. The summed E-state index contributed by atoms with van der Waals surface area (Å²) in [6.45, 7) is 4.59. The summed E-state index contributed by atoms with van der Waals surface area (Å²) in [6.07, 6.45) is 3.59. The quantitative estimate of drug-likeness (QED) is 0.446. The van der Waals surface area contributed by atoms with Crippen LogP contribution in [0.25, 0.3) is 11.1 Å². The molecule has 0 bridgehead atoms. The van der Waals surface area contributed by atoms with E-state index in [9.17, 15) is 4.79 Å². The standard InChI is InChI=1S/C26H24N4O/c1-18-9-11-20(12-10-18)15-27-25(31)22-7-4-8-24(14-22)30-26-28-16-23(17-29-26)21-6-3-5-19(2)13-21/h3-14,16-17H,15H2,1-2H3,(H,27,31)(H,28,29,30). The molecule has 0 aliphatic heterocycles. The largest absolute Gasteiger partial charge is 0.348 e. The van der Waals surface area contributed by atoms with Crippen molar-refractivity contribution in [3.8, 4) is 11.1 Å². The average Bonchev–Trinajstić information content (AvgIpc) is 2.79. The Hall–Kier alpha value is -3.99.